The fourth-order valence-electron chi connectivity index (χ4n) is 3.16. The average Bonchev–Trinajstić information content (AvgIpc) is 2.78. The second kappa shape index (κ2) is 11.3. The number of pyridine rings is 1. The zero-order valence-electron chi connectivity index (χ0n) is 18.6. The van der Waals surface area contributed by atoms with Gasteiger partial charge in [0.1, 0.15) is 17.6 Å². The average molecular weight is 488 g/mol. The molecule has 0 bridgehead atoms. The van der Waals surface area contributed by atoms with E-state index < -0.39 is 22.3 Å². The number of carbonyl (C=O) groups excluding carboxylic acids is 1. The molecule has 1 unspecified atom stereocenters. The number of amides is 1. The van der Waals surface area contributed by atoms with E-state index in [2.05, 4.69) is 10.0 Å². The van der Waals surface area contributed by atoms with Gasteiger partial charge in [-0.2, -0.15) is 0 Å². The van der Waals surface area contributed by atoms with Crippen LogP contribution in [0, 0.1) is 0 Å². The van der Waals surface area contributed by atoms with E-state index >= 15 is 0 Å². The minimum Gasteiger partial charge on any atom is -0.483 e. The van der Waals surface area contributed by atoms with Crippen LogP contribution in [0.1, 0.15) is 35.6 Å². The Morgan fingerprint density at radius 2 is 1.79 bits per heavy atom. The second-order valence-corrected chi connectivity index (χ2v) is 9.33. The van der Waals surface area contributed by atoms with E-state index in [-0.39, 0.29) is 30.6 Å². The van der Waals surface area contributed by atoms with E-state index in [1.165, 1.54) is 6.07 Å². The predicted molar refractivity (Wildman–Crippen MR) is 130 cm³/mol. The number of ether oxygens (including phenoxy) is 1. The molecule has 2 N–H and O–H groups in total. The molecular weight excluding hydrogens is 462 g/mol. The number of rotatable bonds is 9. The maximum atomic E-state index is 13.0. The van der Waals surface area contributed by atoms with E-state index in [1.807, 2.05) is 44.2 Å². The Morgan fingerprint density at radius 1 is 1.12 bits per heavy atom. The summed E-state index contributed by atoms with van der Waals surface area (Å²) in [6.07, 6.45) is 0. The number of hydrogen-bond acceptors (Lipinski definition) is 4. The van der Waals surface area contributed by atoms with Gasteiger partial charge in [-0.05, 0) is 31.5 Å². The molecule has 0 fully saturated rings. The van der Waals surface area contributed by atoms with Crippen molar-refractivity contribution in [2.45, 2.75) is 37.9 Å². The number of nitrogens with one attached hydrogen (secondary N) is 2. The summed E-state index contributed by atoms with van der Waals surface area (Å²) in [4.78, 5) is 26.4. The van der Waals surface area contributed by atoms with E-state index in [1.54, 1.807) is 35.9 Å². The van der Waals surface area contributed by atoms with Gasteiger partial charge in [0, 0.05) is 31.4 Å². The first-order valence-corrected chi connectivity index (χ1v) is 11.9. The zero-order valence-corrected chi connectivity index (χ0v) is 20.2. The zero-order chi connectivity index (χ0) is 24.0. The third kappa shape index (κ3) is 6.31. The molecule has 0 spiro atoms. The molecule has 33 heavy (non-hydrogen) atoms. The topological polar surface area (TPSA) is 89.4 Å². The molecule has 0 aliphatic heterocycles. The summed E-state index contributed by atoms with van der Waals surface area (Å²) in [5.41, 5.74) is 1.02. The molecule has 1 amide bonds. The lowest BCUT2D eigenvalue weighted by Crippen LogP contribution is -2.35. The summed E-state index contributed by atoms with van der Waals surface area (Å²) in [5, 5.41) is 3.19. The van der Waals surface area contributed by atoms with Crippen molar-refractivity contribution in [3.8, 4) is 5.75 Å². The van der Waals surface area contributed by atoms with Crippen molar-refractivity contribution in [1.29, 1.82) is 0 Å². The highest BCUT2D eigenvalue weighted by atomic mass is 35.5. The normalized spacial score (nSPS) is 11.9. The van der Waals surface area contributed by atoms with Gasteiger partial charge < -0.3 is 14.6 Å². The van der Waals surface area contributed by atoms with Crippen LogP contribution in [0.3, 0.4) is 0 Å². The fraction of sp³-hybridized carbons (Fsp3) is 0.250. The van der Waals surface area contributed by atoms with Crippen LogP contribution in [-0.4, -0.2) is 20.7 Å². The SMILES string of the molecule is CC(C)NC(=O)c1c(OCc2ccccc2)c(=O)cc(CNS(=O)c2ccccc2Cl)n1C. The maximum absolute atomic E-state index is 13.0. The Labute approximate surface area is 200 Å². The van der Waals surface area contributed by atoms with Crippen LogP contribution in [0.5, 0.6) is 5.75 Å². The molecule has 1 atom stereocenters. The molecule has 2 aromatic carbocycles. The van der Waals surface area contributed by atoms with E-state index in [4.69, 9.17) is 16.3 Å². The van der Waals surface area contributed by atoms with Crippen molar-refractivity contribution in [1.82, 2.24) is 14.6 Å². The largest absolute Gasteiger partial charge is 0.483 e. The standard InChI is InChI=1S/C24H26ClN3O4S/c1-16(2)27-24(30)22-23(32-15-17-9-5-4-6-10-17)20(29)13-18(28(22)3)14-26-33(31)21-12-8-7-11-19(21)25/h4-13,16,26H,14-15H2,1-3H3,(H,27,30). The lowest BCUT2D eigenvalue weighted by atomic mass is 10.2. The number of benzene rings is 2. The highest BCUT2D eigenvalue weighted by Crippen LogP contribution is 2.20. The van der Waals surface area contributed by atoms with Crippen molar-refractivity contribution in [3.63, 3.8) is 0 Å². The molecule has 0 aliphatic rings. The van der Waals surface area contributed by atoms with E-state index in [0.717, 1.165) is 5.56 Å². The Bertz CT molecular complexity index is 1210. The minimum atomic E-state index is -1.60. The third-order valence-electron chi connectivity index (χ3n) is 4.78. The summed E-state index contributed by atoms with van der Waals surface area (Å²) in [6.45, 7) is 3.88. The molecule has 9 heteroatoms. The van der Waals surface area contributed by atoms with Gasteiger partial charge in [-0.1, -0.05) is 54.1 Å². The van der Waals surface area contributed by atoms with Gasteiger partial charge in [0.15, 0.2) is 11.4 Å². The molecule has 0 aliphatic carbocycles. The maximum Gasteiger partial charge on any atom is 0.272 e. The van der Waals surface area contributed by atoms with Gasteiger partial charge in [-0.3, -0.25) is 9.59 Å². The number of aromatic nitrogens is 1. The molecule has 0 saturated carbocycles. The number of carbonyl (C=O) groups is 1. The first-order chi connectivity index (χ1) is 15.8. The van der Waals surface area contributed by atoms with Crippen molar-refractivity contribution in [2.75, 3.05) is 0 Å². The first-order valence-electron chi connectivity index (χ1n) is 10.4. The smallest absolute Gasteiger partial charge is 0.272 e. The van der Waals surface area contributed by atoms with Gasteiger partial charge >= 0.3 is 0 Å². The molecule has 174 valence electrons. The summed E-state index contributed by atoms with van der Waals surface area (Å²) < 4.78 is 22.9. The molecule has 0 radical (unpaired) electrons. The summed E-state index contributed by atoms with van der Waals surface area (Å²) in [7, 11) is 0.0666. The Hall–Kier alpha value is -2.94. The second-order valence-electron chi connectivity index (χ2n) is 7.66. The Balaban J connectivity index is 1.91. The van der Waals surface area contributed by atoms with Gasteiger partial charge in [0.25, 0.3) is 5.91 Å². The first kappa shape index (κ1) is 24.7. The van der Waals surface area contributed by atoms with Crippen LogP contribution in [0.2, 0.25) is 5.02 Å². The van der Waals surface area contributed by atoms with Gasteiger partial charge in [-0.25, -0.2) is 8.93 Å². The lowest BCUT2D eigenvalue weighted by molar-refractivity contribution is 0.0927. The van der Waals surface area contributed by atoms with E-state index in [9.17, 15) is 13.8 Å². The molecular formula is C24H26ClN3O4S. The van der Waals surface area contributed by atoms with Crippen LogP contribution in [0.25, 0.3) is 0 Å². The van der Waals surface area contributed by atoms with Crippen molar-refractivity contribution in [2.24, 2.45) is 7.05 Å². The van der Waals surface area contributed by atoms with Crippen LogP contribution in [0.15, 0.2) is 70.4 Å². The van der Waals surface area contributed by atoms with Gasteiger partial charge in [0.05, 0.1) is 9.92 Å². The van der Waals surface area contributed by atoms with Gasteiger partial charge in [-0.15, -0.1) is 0 Å². The quantitative estimate of drug-likeness (QED) is 0.483. The van der Waals surface area contributed by atoms with Crippen LogP contribution in [0.4, 0.5) is 0 Å². The molecule has 3 rings (SSSR count). The molecule has 0 saturated heterocycles. The molecule has 1 aromatic heterocycles. The number of hydrogen-bond donors (Lipinski definition) is 2. The highest BCUT2D eigenvalue weighted by Gasteiger charge is 2.22. The lowest BCUT2D eigenvalue weighted by Gasteiger charge is -2.19. The minimum absolute atomic E-state index is 0.0320. The van der Waals surface area contributed by atoms with Crippen molar-refractivity contribution >= 4 is 28.5 Å². The summed E-state index contributed by atoms with van der Waals surface area (Å²) in [6, 6.07) is 17.4. The third-order valence-corrected chi connectivity index (χ3v) is 6.39. The Kier molecular flexibility index (Phi) is 8.43. The van der Waals surface area contributed by atoms with Crippen LogP contribution in [-0.2, 0) is 31.2 Å². The molecule has 7 nitrogen and oxygen atoms in total. The molecule has 3 aromatic rings. The van der Waals surface area contributed by atoms with Crippen LogP contribution < -0.4 is 20.2 Å². The Morgan fingerprint density at radius 3 is 2.45 bits per heavy atom. The van der Waals surface area contributed by atoms with Crippen molar-refractivity contribution < 1.29 is 13.7 Å². The summed E-state index contributed by atoms with van der Waals surface area (Å²) >= 11 is 6.12. The highest BCUT2D eigenvalue weighted by molar-refractivity contribution is 7.83. The van der Waals surface area contributed by atoms with Crippen molar-refractivity contribution in [3.05, 3.63) is 92.9 Å². The molecule has 1 heterocycles. The summed E-state index contributed by atoms with van der Waals surface area (Å²) in [5.74, 6) is -0.461. The number of nitrogens with zero attached hydrogens (tertiary/aromatic N) is 1. The monoisotopic (exact) mass is 487 g/mol. The van der Waals surface area contributed by atoms with Crippen LogP contribution >= 0.6 is 11.6 Å². The fourth-order valence-corrected chi connectivity index (χ4v) is 4.39. The predicted octanol–water partition coefficient (Wildman–Crippen LogP) is 3.57. The number of halogens is 1. The van der Waals surface area contributed by atoms with E-state index in [0.29, 0.717) is 15.6 Å². The van der Waals surface area contributed by atoms with Gasteiger partial charge in [0.2, 0.25) is 5.43 Å².